The zero-order valence-electron chi connectivity index (χ0n) is 11.3. The van der Waals surface area contributed by atoms with E-state index in [1.807, 2.05) is 7.05 Å². The van der Waals surface area contributed by atoms with E-state index in [1.165, 1.54) is 42.1 Å². The van der Waals surface area contributed by atoms with Crippen LogP contribution in [0.2, 0.25) is 0 Å². The van der Waals surface area contributed by atoms with E-state index < -0.39 is 0 Å². The van der Waals surface area contributed by atoms with Crippen LogP contribution in [0, 0.1) is 0 Å². The Balaban J connectivity index is 2.02. The molecule has 2 N–H and O–H groups in total. The first kappa shape index (κ1) is 11.8. The standard InChI is InChI=1S/C16H22N2/c1-11(17-2)7-14-10-18-16-9-13-6-4-3-5-12(13)8-15(14)16/h8-11,17-18H,3-7H2,1-2H3. The van der Waals surface area contributed by atoms with Gasteiger partial charge in [-0.1, -0.05) is 0 Å². The van der Waals surface area contributed by atoms with Crippen molar-refractivity contribution in [2.75, 3.05) is 7.05 Å². The molecule has 3 rings (SSSR count). The molecule has 1 heterocycles. The number of H-pyrrole nitrogens is 1. The molecule has 2 heteroatoms. The zero-order valence-corrected chi connectivity index (χ0v) is 11.3. The predicted molar refractivity (Wildman–Crippen MR) is 77.2 cm³/mol. The number of aryl methyl sites for hydroxylation is 2. The summed E-state index contributed by atoms with van der Waals surface area (Å²) < 4.78 is 0. The Bertz CT molecular complexity index is 553. The van der Waals surface area contributed by atoms with Crippen LogP contribution in [0.15, 0.2) is 18.3 Å². The molecule has 0 saturated carbocycles. The quantitative estimate of drug-likeness (QED) is 0.850. The molecular weight excluding hydrogens is 220 g/mol. The van der Waals surface area contributed by atoms with E-state index >= 15 is 0 Å². The van der Waals surface area contributed by atoms with Crippen LogP contribution >= 0.6 is 0 Å². The monoisotopic (exact) mass is 242 g/mol. The van der Waals surface area contributed by atoms with Gasteiger partial charge < -0.3 is 10.3 Å². The molecule has 0 spiro atoms. The molecule has 2 aromatic rings. The Hall–Kier alpha value is -1.28. The van der Waals surface area contributed by atoms with Crippen LogP contribution in [0.25, 0.3) is 10.9 Å². The van der Waals surface area contributed by atoms with Gasteiger partial charge in [0, 0.05) is 23.1 Å². The van der Waals surface area contributed by atoms with Crippen LogP contribution < -0.4 is 5.32 Å². The fourth-order valence-corrected chi connectivity index (χ4v) is 3.01. The highest BCUT2D eigenvalue weighted by atomic mass is 14.8. The van der Waals surface area contributed by atoms with Crippen molar-refractivity contribution in [1.82, 2.24) is 10.3 Å². The smallest absolute Gasteiger partial charge is 0.0459 e. The Labute approximate surface area is 109 Å². The molecule has 0 bridgehead atoms. The highest BCUT2D eigenvalue weighted by Crippen LogP contribution is 2.28. The van der Waals surface area contributed by atoms with Gasteiger partial charge in [0.05, 0.1) is 0 Å². The first-order valence-electron chi connectivity index (χ1n) is 7.07. The van der Waals surface area contributed by atoms with Crippen molar-refractivity contribution < 1.29 is 0 Å². The van der Waals surface area contributed by atoms with Crippen molar-refractivity contribution in [3.8, 4) is 0 Å². The van der Waals surface area contributed by atoms with Gasteiger partial charge >= 0.3 is 0 Å². The molecule has 1 aromatic carbocycles. The lowest BCUT2D eigenvalue weighted by Gasteiger charge is -2.16. The van der Waals surface area contributed by atoms with Crippen LogP contribution in [0.3, 0.4) is 0 Å². The van der Waals surface area contributed by atoms with Gasteiger partial charge in [-0.15, -0.1) is 0 Å². The maximum Gasteiger partial charge on any atom is 0.0459 e. The van der Waals surface area contributed by atoms with E-state index in [0.29, 0.717) is 6.04 Å². The van der Waals surface area contributed by atoms with Crippen molar-refractivity contribution in [2.24, 2.45) is 0 Å². The number of hydrogen-bond donors (Lipinski definition) is 2. The van der Waals surface area contributed by atoms with E-state index in [4.69, 9.17) is 0 Å². The number of aromatic amines is 1. The average Bonchev–Trinajstić information content (AvgIpc) is 2.78. The van der Waals surface area contributed by atoms with Gasteiger partial charge in [0.1, 0.15) is 0 Å². The second-order valence-corrected chi connectivity index (χ2v) is 5.58. The third-order valence-corrected chi connectivity index (χ3v) is 4.25. The van der Waals surface area contributed by atoms with Gasteiger partial charge in [0.2, 0.25) is 0 Å². The van der Waals surface area contributed by atoms with Gasteiger partial charge in [-0.2, -0.15) is 0 Å². The number of fused-ring (bicyclic) bond motifs is 2. The summed E-state index contributed by atoms with van der Waals surface area (Å²) in [4.78, 5) is 3.44. The lowest BCUT2D eigenvalue weighted by atomic mass is 9.90. The number of hydrogen-bond acceptors (Lipinski definition) is 1. The van der Waals surface area contributed by atoms with E-state index in [9.17, 15) is 0 Å². The molecule has 1 aliphatic rings. The third-order valence-electron chi connectivity index (χ3n) is 4.25. The van der Waals surface area contributed by atoms with E-state index in [0.717, 1.165) is 6.42 Å². The molecule has 96 valence electrons. The third kappa shape index (κ3) is 2.05. The van der Waals surface area contributed by atoms with Crippen molar-refractivity contribution >= 4 is 10.9 Å². The molecule has 0 saturated heterocycles. The van der Waals surface area contributed by atoms with Crippen molar-refractivity contribution in [1.29, 1.82) is 0 Å². The summed E-state index contributed by atoms with van der Waals surface area (Å²) in [6, 6.07) is 5.33. The van der Waals surface area contributed by atoms with Crippen molar-refractivity contribution in [3.63, 3.8) is 0 Å². The van der Waals surface area contributed by atoms with Gasteiger partial charge in [0.25, 0.3) is 0 Å². The number of benzene rings is 1. The molecule has 0 radical (unpaired) electrons. The number of rotatable bonds is 3. The first-order valence-corrected chi connectivity index (χ1v) is 7.07. The van der Waals surface area contributed by atoms with Crippen molar-refractivity contribution in [2.45, 2.75) is 45.1 Å². The molecule has 1 unspecified atom stereocenters. The molecule has 1 aliphatic carbocycles. The first-order chi connectivity index (χ1) is 8.78. The summed E-state index contributed by atoms with van der Waals surface area (Å²) in [5.41, 5.74) is 5.89. The summed E-state index contributed by atoms with van der Waals surface area (Å²) in [6.45, 7) is 2.23. The molecule has 0 amide bonds. The SMILES string of the molecule is CNC(C)Cc1c[nH]c2cc3c(cc12)CCCC3. The van der Waals surface area contributed by atoms with E-state index in [-0.39, 0.29) is 0 Å². The Morgan fingerprint density at radius 3 is 2.67 bits per heavy atom. The summed E-state index contributed by atoms with van der Waals surface area (Å²) in [5, 5.41) is 4.74. The average molecular weight is 242 g/mol. The van der Waals surface area contributed by atoms with Crippen LogP contribution in [-0.4, -0.2) is 18.1 Å². The maximum atomic E-state index is 3.44. The minimum atomic E-state index is 0.528. The second-order valence-electron chi connectivity index (χ2n) is 5.58. The predicted octanol–water partition coefficient (Wildman–Crippen LogP) is 3.20. The summed E-state index contributed by atoms with van der Waals surface area (Å²) in [5.74, 6) is 0. The molecule has 0 aliphatic heterocycles. The fourth-order valence-electron chi connectivity index (χ4n) is 3.01. The molecule has 18 heavy (non-hydrogen) atoms. The van der Waals surface area contributed by atoms with Gasteiger partial charge in [-0.25, -0.2) is 0 Å². The van der Waals surface area contributed by atoms with Crippen molar-refractivity contribution in [3.05, 3.63) is 35.0 Å². The highest BCUT2D eigenvalue weighted by Gasteiger charge is 2.13. The van der Waals surface area contributed by atoms with Crippen LogP contribution in [0.4, 0.5) is 0 Å². The highest BCUT2D eigenvalue weighted by molar-refractivity contribution is 5.85. The minimum absolute atomic E-state index is 0.528. The van der Waals surface area contributed by atoms with Crippen LogP contribution in [0.5, 0.6) is 0 Å². The van der Waals surface area contributed by atoms with E-state index in [1.54, 1.807) is 11.1 Å². The largest absolute Gasteiger partial charge is 0.361 e. The zero-order chi connectivity index (χ0) is 12.5. The second kappa shape index (κ2) is 4.77. The summed E-state index contributed by atoms with van der Waals surface area (Å²) in [6.07, 6.45) is 8.50. The van der Waals surface area contributed by atoms with Crippen LogP contribution in [-0.2, 0) is 19.3 Å². The van der Waals surface area contributed by atoms with Crippen LogP contribution in [0.1, 0.15) is 36.5 Å². The number of aromatic nitrogens is 1. The lowest BCUT2D eigenvalue weighted by molar-refractivity contribution is 0.610. The van der Waals surface area contributed by atoms with Gasteiger partial charge in [-0.05, 0) is 74.9 Å². The Kier molecular flexibility index (Phi) is 3.13. The summed E-state index contributed by atoms with van der Waals surface area (Å²) >= 11 is 0. The molecule has 1 aromatic heterocycles. The number of nitrogens with one attached hydrogen (secondary N) is 2. The topological polar surface area (TPSA) is 27.8 Å². The van der Waals surface area contributed by atoms with Gasteiger partial charge in [-0.3, -0.25) is 0 Å². The lowest BCUT2D eigenvalue weighted by Crippen LogP contribution is -2.23. The van der Waals surface area contributed by atoms with E-state index in [2.05, 4.69) is 35.6 Å². The fraction of sp³-hybridized carbons (Fsp3) is 0.500. The molecule has 0 fully saturated rings. The Morgan fingerprint density at radius 1 is 1.22 bits per heavy atom. The molecule has 1 atom stereocenters. The molecular formula is C16H22N2. The normalized spacial score (nSPS) is 16.8. The maximum absolute atomic E-state index is 3.44. The minimum Gasteiger partial charge on any atom is -0.361 e. The summed E-state index contributed by atoms with van der Waals surface area (Å²) in [7, 11) is 2.03. The molecule has 2 nitrogen and oxygen atoms in total. The number of likely N-dealkylation sites (N-methyl/N-ethyl adjacent to an activating group) is 1. The van der Waals surface area contributed by atoms with Gasteiger partial charge in [0.15, 0.2) is 0 Å². The Morgan fingerprint density at radius 2 is 1.94 bits per heavy atom.